The smallest absolute Gasteiger partial charge is 0.146 e. The fourth-order valence-corrected chi connectivity index (χ4v) is 2.24. The van der Waals surface area contributed by atoms with E-state index in [0.717, 1.165) is 52.9 Å². The Bertz CT molecular complexity index is 569. The van der Waals surface area contributed by atoms with Crippen molar-refractivity contribution >= 4 is 11.6 Å². The number of hydrogen-bond donors (Lipinski definition) is 1. The van der Waals surface area contributed by atoms with Gasteiger partial charge in [-0.3, -0.25) is 0 Å². The first-order valence-corrected chi connectivity index (χ1v) is 7.65. The summed E-state index contributed by atoms with van der Waals surface area (Å²) in [7, 11) is 0. The predicted molar refractivity (Wildman–Crippen MR) is 86.0 cm³/mol. The summed E-state index contributed by atoms with van der Waals surface area (Å²) in [5.74, 6) is 2.58. The first kappa shape index (κ1) is 15.9. The SMILES string of the molecule is CCCNCc1ccc(COc2cc(C)c(Cl)c(C)c2)o1. The molecule has 0 amide bonds. The number of benzene rings is 1. The largest absolute Gasteiger partial charge is 0.486 e. The highest BCUT2D eigenvalue weighted by molar-refractivity contribution is 6.32. The van der Waals surface area contributed by atoms with Gasteiger partial charge in [-0.15, -0.1) is 0 Å². The molecule has 1 aromatic heterocycles. The van der Waals surface area contributed by atoms with Gasteiger partial charge in [-0.05, 0) is 62.2 Å². The Balaban J connectivity index is 1.91. The van der Waals surface area contributed by atoms with Crippen molar-refractivity contribution in [1.82, 2.24) is 5.32 Å². The predicted octanol–water partition coefficient (Wildman–Crippen LogP) is 4.63. The van der Waals surface area contributed by atoms with E-state index >= 15 is 0 Å². The number of halogens is 1. The summed E-state index contributed by atoms with van der Waals surface area (Å²) in [4.78, 5) is 0. The average molecular weight is 308 g/mol. The highest BCUT2D eigenvalue weighted by atomic mass is 35.5. The Labute approximate surface area is 131 Å². The van der Waals surface area contributed by atoms with Crippen molar-refractivity contribution in [3.05, 3.63) is 51.9 Å². The molecular weight excluding hydrogens is 286 g/mol. The highest BCUT2D eigenvalue weighted by Gasteiger charge is 2.06. The molecule has 1 N–H and O–H groups in total. The van der Waals surface area contributed by atoms with Crippen LogP contribution in [-0.2, 0) is 13.2 Å². The zero-order chi connectivity index (χ0) is 15.2. The molecule has 0 aliphatic rings. The van der Waals surface area contributed by atoms with Gasteiger partial charge >= 0.3 is 0 Å². The topological polar surface area (TPSA) is 34.4 Å². The number of nitrogens with one attached hydrogen (secondary N) is 1. The van der Waals surface area contributed by atoms with Crippen molar-refractivity contribution < 1.29 is 9.15 Å². The molecule has 0 bridgehead atoms. The van der Waals surface area contributed by atoms with Crippen LogP contribution in [0.25, 0.3) is 0 Å². The first-order valence-electron chi connectivity index (χ1n) is 7.28. The van der Waals surface area contributed by atoms with Crippen LogP contribution in [0.4, 0.5) is 0 Å². The van der Waals surface area contributed by atoms with E-state index < -0.39 is 0 Å². The summed E-state index contributed by atoms with van der Waals surface area (Å²) in [5.41, 5.74) is 2.05. The Morgan fingerprint density at radius 3 is 2.48 bits per heavy atom. The maximum absolute atomic E-state index is 6.15. The number of hydrogen-bond acceptors (Lipinski definition) is 3. The zero-order valence-corrected chi connectivity index (χ0v) is 13.6. The van der Waals surface area contributed by atoms with Crippen molar-refractivity contribution in [2.45, 2.75) is 40.3 Å². The van der Waals surface area contributed by atoms with Crippen molar-refractivity contribution in [3.8, 4) is 5.75 Å². The molecule has 0 atom stereocenters. The fourth-order valence-electron chi connectivity index (χ4n) is 2.13. The van der Waals surface area contributed by atoms with Crippen LogP contribution < -0.4 is 10.1 Å². The highest BCUT2D eigenvalue weighted by Crippen LogP contribution is 2.26. The Morgan fingerprint density at radius 2 is 1.81 bits per heavy atom. The molecule has 1 aromatic carbocycles. The van der Waals surface area contributed by atoms with Crippen molar-refractivity contribution in [2.75, 3.05) is 6.54 Å². The molecule has 2 rings (SSSR count). The lowest BCUT2D eigenvalue weighted by atomic mass is 10.1. The number of rotatable bonds is 7. The van der Waals surface area contributed by atoms with Crippen LogP contribution in [-0.4, -0.2) is 6.54 Å². The van der Waals surface area contributed by atoms with Crippen LogP contribution >= 0.6 is 11.6 Å². The molecule has 0 saturated heterocycles. The van der Waals surface area contributed by atoms with E-state index in [1.54, 1.807) is 0 Å². The van der Waals surface area contributed by atoms with E-state index in [4.69, 9.17) is 20.8 Å². The second-order valence-electron chi connectivity index (χ2n) is 5.20. The molecule has 2 aromatic rings. The summed E-state index contributed by atoms with van der Waals surface area (Å²) in [6, 6.07) is 7.84. The maximum atomic E-state index is 6.15. The molecule has 0 radical (unpaired) electrons. The molecule has 4 heteroatoms. The zero-order valence-electron chi connectivity index (χ0n) is 12.8. The summed E-state index contributed by atoms with van der Waals surface area (Å²) in [6.45, 7) is 8.28. The van der Waals surface area contributed by atoms with Gasteiger partial charge in [-0.1, -0.05) is 18.5 Å². The van der Waals surface area contributed by atoms with Gasteiger partial charge in [-0.25, -0.2) is 0 Å². The third-order valence-corrected chi connectivity index (χ3v) is 3.83. The summed E-state index contributed by atoms with van der Waals surface area (Å²) in [6.07, 6.45) is 1.12. The lowest BCUT2D eigenvalue weighted by Gasteiger charge is -2.09. The van der Waals surface area contributed by atoms with Gasteiger partial charge in [0.1, 0.15) is 23.9 Å². The molecule has 0 fully saturated rings. The molecule has 114 valence electrons. The third kappa shape index (κ3) is 4.51. The fraction of sp³-hybridized carbons (Fsp3) is 0.412. The Morgan fingerprint density at radius 1 is 1.14 bits per heavy atom. The first-order chi connectivity index (χ1) is 10.1. The van der Waals surface area contributed by atoms with E-state index in [9.17, 15) is 0 Å². The van der Waals surface area contributed by atoms with Crippen LogP contribution in [0.3, 0.4) is 0 Å². The standard InChI is InChI=1S/C17H22ClNO2/c1-4-7-19-10-14-5-6-15(21-14)11-20-16-8-12(2)17(18)13(3)9-16/h5-6,8-9,19H,4,7,10-11H2,1-3H3. The molecular formula is C17H22ClNO2. The molecule has 0 spiro atoms. The molecule has 0 aliphatic heterocycles. The van der Waals surface area contributed by atoms with E-state index in [0.29, 0.717) is 6.61 Å². The van der Waals surface area contributed by atoms with E-state index in [1.807, 2.05) is 38.1 Å². The van der Waals surface area contributed by atoms with Gasteiger partial charge in [0.15, 0.2) is 0 Å². The van der Waals surface area contributed by atoms with Crippen LogP contribution in [0.2, 0.25) is 5.02 Å². The molecule has 1 heterocycles. The Hall–Kier alpha value is -1.45. The van der Waals surface area contributed by atoms with Gasteiger partial charge in [0.25, 0.3) is 0 Å². The van der Waals surface area contributed by atoms with Gasteiger partial charge in [0.2, 0.25) is 0 Å². The van der Waals surface area contributed by atoms with Gasteiger partial charge < -0.3 is 14.5 Å². The monoisotopic (exact) mass is 307 g/mol. The van der Waals surface area contributed by atoms with Gasteiger partial charge in [0, 0.05) is 5.02 Å². The summed E-state index contributed by atoms with van der Waals surface area (Å²) in [5, 5.41) is 4.11. The van der Waals surface area contributed by atoms with Gasteiger partial charge in [0.05, 0.1) is 6.54 Å². The molecule has 0 aliphatic carbocycles. The molecule has 0 saturated carbocycles. The van der Waals surface area contributed by atoms with Crippen molar-refractivity contribution in [3.63, 3.8) is 0 Å². The number of ether oxygens (including phenoxy) is 1. The normalized spacial score (nSPS) is 10.9. The minimum Gasteiger partial charge on any atom is -0.486 e. The minimum absolute atomic E-state index is 0.425. The number of furan rings is 1. The van der Waals surface area contributed by atoms with Crippen molar-refractivity contribution in [1.29, 1.82) is 0 Å². The van der Waals surface area contributed by atoms with Crippen LogP contribution in [0.5, 0.6) is 5.75 Å². The second kappa shape index (κ2) is 7.53. The summed E-state index contributed by atoms with van der Waals surface area (Å²) >= 11 is 6.15. The molecule has 3 nitrogen and oxygen atoms in total. The Kier molecular flexibility index (Phi) is 5.71. The minimum atomic E-state index is 0.425. The van der Waals surface area contributed by atoms with Gasteiger partial charge in [-0.2, -0.15) is 0 Å². The second-order valence-corrected chi connectivity index (χ2v) is 5.58. The maximum Gasteiger partial charge on any atom is 0.146 e. The quantitative estimate of drug-likeness (QED) is 0.757. The van der Waals surface area contributed by atoms with E-state index in [2.05, 4.69) is 12.2 Å². The lowest BCUT2D eigenvalue weighted by molar-refractivity contribution is 0.265. The van der Waals surface area contributed by atoms with Crippen molar-refractivity contribution in [2.24, 2.45) is 0 Å². The van der Waals surface area contributed by atoms with E-state index in [-0.39, 0.29) is 0 Å². The average Bonchev–Trinajstić information content (AvgIpc) is 2.90. The molecule has 0 unspecified atom stereocenters. The third-order valence-electron chi connectivity index (χ3n) is 3.23. The lowest BCUT2D eigenvalue weighted by Crippen LogP contribution is -2.13. The van der Waals surface area contributed by atoms with Crippen LogP contribution in [0, 0.1) is 13.8 Å². The number of aryl methyl sites for hydroxylation is 2. The van der Waals surface area contributed by atoms with E-state index in [1.165, 1.54) is 0 Å². The van der Waals surface area contributed by atoms with Crippen LogP contribution in [0.1, 0.15) is 36.0 Å². The molecule has 21 heavy (non-hydrogen) atoms. The summed E-state index contributed by atoms with van der Waals surface area (Å²) < 4.78 is 11.5. The van der Waals surface area contributed by atoms with Crippen LogP contribution in [0.15, 0.2) is 28.7 Å².